The Balaban J connectivity index is 1.67. The summed E-state index contributed by atoms with van der Waals surface area (Å²) in [6.45, 7) is 2.08. The van der Waals surface area contributed by atoms with E-state index < -0.39 is 0 Å². The summed E-state index contributed by atoms with van der Waals surface area (Å²) < 4.78 is 13.7. The van der Waals surface area contributed by atoms with Gasteiger partial charge in [-0.3, -0.25) is 0 Å². The van der Waals surface area contributed by atoms with Crippen LogP contribution in [0.1, 0.15) is 37.7 Å². The first-order chi connectivity index (χ1) is 10.1. The molecule has 2 N–H and O–H groups in total. The Kier molecular flexibility index (Phi) is 3.04. The minimum absolute atomic E-state index is 0.164. The van der Waals surface area contributed by atoms with E-state index in [0.717, 1.165) is 23.1 Å². The molecule has 5 rings (SSSR count). The van der Waals surface area contributed by atoms with Crippen LogP contribution in [0.3, 0.4) is 0 Å². The fraction of sp³-hybridized carbons (Fsp3) is 0.667. The van der Waals surface area contributed by atoms with E-state index in [1.165, 1.54) is 32.1 Å². The van der Waals surface area contributed by atoms with Gasteiger partial charge in [0.2, 0.25) is 0 Å². The van der Waals surface area contributed by atoms with Gasteiger partial charge in [-0.1, -0.05) is 0 Å². The van der Waals surface area contributed by atoms with Crippen molar-refractivity contribution in [1.29, 1.82) is 0 Å². The lowest BCUT2D eigenvalue weighted by atomic mass is 9.48. The normalized spacial score (nSPS) is 40.5. The molecular formula is C18H24FNO. The zero-order valence-corrected chi connectivity index (χ0v) is 12.6. The number of aryl methyl sites for hydroxylation is 1. The molecule has 4 bridgehead atoms. The van der Waals surface area contributed by atoms with Gasteiger partial charge in [0.25, 0.3) is 0 Å². The highest BCUT2D eigenvalue weighted by Gasteiger charge is 2.57. The van der Waals surface area contributed by atoms with E-state index in [1.54, 1.807) is 12.1 Å². The summed E-state index contributed by atoms with van der Waals surface area (Å²) in [5.74, 6) is 2.62. The fourth-order valence-electron chi connectivity index (χ4n) is 5.60. The molecule has 1 aromatic carbocycles. The Labute approximate surface area is 125 Å². The van der Waals surface area contributed by atoms with E-state index in [4.69, 9.17) is 0 Å². The molecule has 0 radical (unpaired) electrons. The topological polar surface area (TPSA) is 32.3 Å². The zero-order valence-electron chi connectivity index (χ0n) is 12.6. The van der Waals surface area contributed by atoms with Crippen LogP contribution in [0.5, 0.6) is 0 Å². The average Bonchev–Trinajstić information content (AvgIpc) is 2.41. The molecule has 2 nitrogen and oxygen atoms in total. The van der Waals surface area contributed by atoms with Crippen molar-refractivity contribution in [2.24, 2.45) is 23.7 Å². The van der Waals surface area contributed by atoms with Gasteiger partial charge in [0, 0.05) is 5.69 Å². The van der Waals surface area contributed by atoms with E-state index in [0.29, 0.717) is 11.8 Å². The predicted octanol–water partition coefficient (Wildman–Crippen LogP) is 3.73. The van der Waals surface area contributed by atoms with Crippen molar-refractivity contribution in [3.63, 3.8) is 0 Å². The molecule has 114 valence electrons. The van der Waals surface area contributed by atoms with Gasteiger partial charge in [-0.05, 0) is 86.5 Å². The molecule has 4 aliphatic rings. The van der Waals surface area contributed by atoms with Crippen molar-refractivity contribution in [3.05, 3.63) is 29.6 Å². The molecule has 4 aliphatic carbocycles. The van der Waals surface area contributed by atoms with E-state index in [-0.39, 0.29) is 18.0 Å². The lowest BCUT2D eigenvalue weighted by Gasteiger charge is -2.61. The molecule has 21 heavy (non-hydrogen) atoms. The highest BCUT2D eigenvalue weighted by Crippen LogP contribution is 2.59. The third-order valence-corrected chi connectivity index (χ3v) is 6.28. The Morgan fingerprint density at radius 2 is 1.71 bits per heavy atom. The van der Waals surface area contributed by atoms with Crippen LogP contribution in [0.4, 0.5) is 10.1 Å². The summed E-state index contributed by atoms with van der Waals surface area (Å²) in [7, 11) is 0. The Morgan fingerprint density at radius 1 is 1.10 bits per heavy atom. The minimum atomic E-state index is -0.229. The van der Waals surface area contributed by atoms with Crippen molar-refractivity contribution in [3.8, 4) is 0 Å². The van der Waals surface area contributed by atoms with Crippen LogP contribution >= 0.6 is 0 Å². The molecule has 0 aromatic heterocycles. The van der Waals surface area contributed by atoms with E-state index in [1.807, 2.05) is 13.0 Å². The van der Waals surface area contributed by atoms with Crippen LogP contribution in [0, 0.1) is 36.4 Å². The van der Waals surface area contributed by atoms with Gasteiger partial charge in [0.05, 0.1) is 12.1 Å². The highest BCUT2D eigenvalue weighted by molar-refractivity contribution is 5.49. The lowest BCUT2D eigenvalue weighted by Crippen LogP contribution is -2.63. The van der Waals surface area contributed by atoms with Gasteiger partial charge in [-0.15, -0.1) is 0 Å². The number of aliphatic hydroxyl groups is 1. The van der Waals surface area contributed by atoms with Gasteiger partial charge in [-0.25, -0.2) is 4.39 Å². The summed E-state index contributed by atoms with van der Waals surface area (Å²) in [4.78, 5) is 0. The van der Waals surface area contributed by atoms with Crippen LogP contribution in [0.25, 0.3) is 0 Å². The van der Waals surface area contributed by atoms with Gasteiger partial charge >= 0.3 is 0 Å². The fourth-order valence-corrected chi connectivity index (χ4v) is 5.60. The second-order valence-corrected chi connectivity index (χ2v) is 7.65. The number of aliphatic hydroxyl groups excluding tert-OH is 1. The highest BCUT2D eigenvalue weighted by atomic mass is 19.1. The second kappa shape index (κ2) is 4.70. The van der Waals surface area contributed by atoms with Crippen LogP contribution in [0.2, 0.25) is 0 Å². The molecule has 0 aliphatic heterocycles. The molecule has 0 heterocycles. The van der Waals surface area contributed by atoms with Gasteiger partial charge in [-0.2, -0.15) is 0 Å². The maximum absolute atomic E-state index is 13.7. The van der Waals surface area contributed by atoms with Crippen LogP contribution in [-0.2, 0) is 0 Å². The predicted molar refractivity (Wildman–Crippen MR) is 81.6 cm³/mol. The molecule has 0 amide bonds. The molecule has 4 saturated carbocycles. The SMILES string of the molecule is Cc1cc(F)cc(NC2(CO)C3CC4CC(C3)CC2C4)c1. The third-order valence-electron chi connectivity index (χ3n) is 6.28. The maximum Gasteiger partial charge on any atom is 0.125 e. The van der Waals surface area contributed by atoms with Crippen LogP contribution in [0.15, 0.2) is 18.2 Å². The van der Waals surface area contributed by atoms with E-state index >= 15 is 0 Å². The summed E-state index contributed by atoms with van der Waals surface area (Å²) in [6, 6.07) is 5.11. The molecule has 0 atom stereocenters. The molecule has 0 spiro atoms. The number of hydrogen-bond donors (Lipinski definition) is 2. The molecule has 1 aromatic rings. The Morgan fingerprint density at radius 3 is 2.24 bits per heavy atom. The minimum Gasteiger partial charge on any atom is -0.394 e. The van der Waals surface area contributed by atoms with Crippen molar-refractivity contribution < 1.29 is 9.50 Å². The Bertz CT molecular complexity index is 508. The van der Waals surface area contributed by atoms with Crippen molar-refractivity contribution in [2.75, 3.05) is 11.9 Å². The number of benzene rings is 1. The van der Waals surface area contributed by atoms with Crippen molar-refractivity contribution in [1.82, 2.24) is 0 Å². The van der Waals surface area contributed by atoms with Gasteiger partial charge in [0.15, 0.2) is 0 Å². The number of halogens is 1. The standard InChI is InChI=1S/C18H24FNO/c1-11-2-16(19)9-17(3-11)20-18(10-21)14-5-12-4-13(7-14)8-15(18)6-12/h2-3,9,12-15,20-21H,4-8,10H2,1H3. The van der Waals surface area contributed by atoms with E-state index in [2.05, 4.69) is 5.32 Å². The lowest BCUT2D eigenvalue weighted by molar-refractivity contribution is -0.0655. The summed E-state index contributed by atoms with van der Waals surface area (Å²) in [5.41, 5.74) is 1.52. The number of nitrogens with one attached hydrogen (secondary N) is 1. The average molecular weight is 289 g/mol. The summed E-state index contributed by atoms with van der Waals surface area (Å²) in [6.07, 6.45) is 6.32. The third kappa shape index (κ3) is 2.09. The van der Waals surface area contributed by atoms with E-state index in [9.17, 15) is 9.50 Å². The first kappa shape index (κ1) is 13.6. The quantitative estimate of drug-likeness (QED) is 0.888. The molecule has 4 fully saturated rings. The number of anilines is 1. The van der Waals surface area contributed by atoms with Gasteiger partial charge < -0.3 is 10.4 Å². The van der Waals surface area contributed by atoms with Crippen molar-refractivity contribution >= 4 is 5.69 Å². The zero-order chi connectivity index (χ0) is 14.6. The smallest absolute Gasteiger partial charge is 0.125 e. The maximum atomic E-state index is 13.7. The van der Waals surface area contributed by atoms with Crippen molar-refractivity contribution in [2.45, 2.75) is 44.6 Å². The van der Waals surface area contributed by atoms with Gasteiger partial charge in [0.1, 0.15) is 5.82 Å². The molecule has 0 saturated heterocycles. The molecule has 3 heteroatoms. The molecular weight excluding hydrogens is 265 g/mol. The first-order valence-electron chi connectivity index (χ1n) is 8.25. The van der Waals surface area contributed by atoms with Crippen LogP contribution in [-0.4, -0.2) is 17.3 Å². The summed E-state index contributed by atoms with van der Waals surface area (Å²) in [5, 5.41) is 13.8. The second-order valence-electron chi connectivity index (χ2n) is 7.65. The summed E-state index contributed by atoms with van der Waals surface area (Å²) >= 11 is 0. The molecule has 0 unspecified atom stereocenters. The Hall–Kier alpha value is -1.09. The first-order valence-corrected chi connectivity index (χ1v) is 8.25. The largest absolute Gasteiger partial charge is 0.394 e. The monoisotopic (exact) mass is 289 g/mol. The van der Waals surface area contributed by atoms with Crippen LogP contribution < -0.4 is 5.32 Å². The number of rotatable bonds is 3. The number of hydrogen-bond acceptors (Lipinski definition) is 2.